The number of nitrogens with one attached hydrogen (secondary N) is 1. The number of nitrogens with zero attached hydrogens (tertiary/aromatic N) is 2. The third kappa shape index (κ3) is 6.68. The van der Waals surface area contributed by atoms with Crippen LogP contribution >= 0.6 is 22.6 Å². The first kappa shape index (κ1) is 25.9. The molecule has 0 aliphatic heterocycles. The van der Waals surface area contributed by atoms with Gasteiger partial charge in [0.2, 0.25) is 0 Å². The summed E-state index contributed by atoms with van der Waals surface area (Å²) < 4.78 is 51.2. The number of hydrogen-bond acceptors (Lipinski definition) is 6. The van der Waals surface area contributed by atoms with Crippen molar-refractivity contribution in [2.24, 2.45) is 5.10 Å². The molecule has 182 valence electrons. The van der Waals surface area contributed by atoms with Crippen molar-refractivity contribution in [1.82, 2.24) is 5.43 Å². The third-order valence-corrected chi connectivity index (χ3v) is 5.44. The van der Waals surface area contributed by atoms with Crippen LogP contribution in [0.1, 0.15) is 27.0 Å². The van der Waals surface area contributed by atoms with Crippen LogP contribution in [-0.4, -0.2) is 24.2 Å². The largest absolute Gasteiger partial charge is 0.493 e. The van der Waals surface area contributed by atoms with Crippen LogP contribution in [0.5, 0.6) is 11.5 Å². The molecule has 0 bridgehead atoms. The molecule has 1 N–H and O–H groups in total. The Morgan fingerprint density at radius 2 is 1.86 bits per heavy atom. The molecule has 0 saturated carbocycles. The summed E-state index contributed by atoms with van der Waals surface area (Å²) in [5.74, 6) is -0.223. The Bertz CT molecular complexity index is 1260. The van der Waals surface area contributed by atoms with Gasteiger partial charge in [0, 0.05) is 12.1 Å². The molecule has 0 aliphatic carbocycles. The van der Waals surface area contributed by atoms with Gasteiger partial charge >= 0.3 is 6.18 Å². The van der Waals surface area contributed by atoms with E-state index in [1.54, 1.807) is 24.3 Å². The molecule has 0 atom stereocenters. The minimum absolute atomic E-state index is 0.0291. The second kappa shape index (κ2) is 11.2. The first-order chi connectivity index (χ1) is 16.6. The van der Waals surface area contributed by atoms with Crippen molar-refractivity contribution in [1.29, 1.82) is 0 Å². The van der Waals surface area contributed by atoms with Crippen LogP contribution in [0.15, 0.2) is 65.8 Å². The monoisotopic (exact) mass is 599 g/mol. The maximum atomic E-state index is 13.1. The highest BCUT2D eigenvalue weighted by atomic mass is 127. The Balaban J connectivity index is 1.71. The lowest BCUT2D eigenvalue weighted by molar-refractivity contribution is -0.384. The minimum Gasteiger partial charge on any atom is -0.493 e. The van der Waals surface area contributed by atoms with Crippen LogP contribution in [0.2, 0.25) is 0 Å². The van der Waals surface area contributed by atoms with Gasteiger partial charge in [-0.15, -0.1) is 0 Å². The highest BCUT2D eigenvalue weighted by Crippen LogP contribution is 2.34. The molecule has 0 saturated heterocycles. The van der Waals surface area contributed by atoms with Crippen molar-refractivity contribution < 1.29 is 32.4 Å². The number of rotatable bonds is 8. The number of carbonyl (C=O) groups is 1. The molecule has 3 rings (SSSR count). The third-order valence-electron chi connectivity index (χ3n) is 4.64. The zero-order chi connectivity index (χ0) is 25.6. The van der Waals surface area contributed by atoms with Crippen LogP contribution in [0.3, 0.4) is 0 Å². The number of hydrogen-bond donors (Lipinski definition) is 1. The fourth-order valence-corrected chi connectivity index (χ4v) is 3.76. The number of halogens is 4. The molecular formula is C23H17F3IN3O5. The molecule has 8 nitrogen and oxygen atoms in total. The first-order valence-corrected chi connectivity index (χ1v) is 10.9. The van der Waals surface area contributed by atoms with E-state index in [2.05, 4.69) is 10.5 Å². The lowest BCUT2D eigenvalue weighted by Gasteiger charge is -2.13. The summed E-state index contributed by atoms with van der Waals surface area (Å²) in [7, 11) is 1.43. The number of nitro benzene ring substituents is 1. The van der Waals surface area contributed by atoms with E-state index in [0.717, 1.165) is 12.1 Å². The maximum Gasteiger partial charge on any atom is 0.417 e. The summed E-state index contributed by atoms with van der Waals surface area (Å²) >= 11 is 2.01. The van der Waals surface area contributed by atoms with Crippen molar-refractivity contribution in [3.05, 3.63) is 96.6 Å². The number of non-ortho nitro benzene ring substituents is 1. The molecule has 3 aromatic rings. The number of hydrazone groups is 1. The highest BCUT2D eigenvalue weighted by Gasteiger charge is 2.34. The van der Waals surface area contributed by atoms with Gasteiger partial charge in [-0.25, -0.2) is 5.43 Å². The average molecular weight is 599 g/mol. The molecule has 0 unspecified atom stereocenters. The smallest absolute Gasteiger partial charge is 0.417 e. The van der Waals surface area contributed by atoms with E-state index in [0.29, 0.717) is 26.2 Å². The lowest BCUT2D eigenvalue weighted by Crippen LogP contribution is -2.22. The van der Waals surface area contributed by atoms with Crippen LogP contribution < -0.4 is 14.9 Å². The van der Waals surface area contributed by atoms with Crippen molar-refractivity contribution in [2.75, 3.05) is 7.11 Å². The molecule has 35 heavy (non-hydrogen) atoms. The Hall–Kier alpha value is -3.68. The van der Waals surface area contributed by atoms with Gasteiger partial charge in [-0.3, -0.25) is 14.9 Å². The maximum absolute atomic E-state index is 13.1. The summed E-state index contributed by atoms with van der Waals surface area (Å²) in [5, 5.41) is 14.5. The zero-order valence-electron chi connectivity index (χ0n) is 18.0. The number of nitro groups is 1. The molecule has 12 heteroatoms. The first-order valence-electron chi connectivity index (χ1n) is 9.83. The number of ether oxygens (including phenoxy) is 2. The van der Waals surface area contributed by atoms with E-state index in [4.69, 9.17) is 9.47 Å². The van der Waals surface area contributed by atoms with Crippen LogP contribution in [0.4, 0.5) is 18.9 Å². The Morgan fingerprint density at radius 1 is 1.17 bits per heavy atom. The Morgan fingerprint density at radius 3 is 2.49 bits per heavy atom. The van der Waals surface area contributed by atoms with Gasteiger partial charge in [-0.2, -0.15) is 18.3 Å². The van der Waals surface area contributed by atoms with Gasteiger partial charge in [0.1, 0.15) is 6.61 Å². The molecule has 1 amide bonds. The second-order valence-corrected chi connectivity index (χ2v) is 8.15. The number of carbonyl (C=O) groups excluding carboxylic acids is 1. The Labute approximate surface area is 211 Å². The van der Waals surface area contributed by atoms with Gasteiger partial charge < -0.3 is 9.47 Å². The number of benzene rings is 3. The van der Waals surface area contributed by atoms with Gasteiger partial charge in [-0.1, -0.05) is 12.1 Å². The van der Waals surface area contributed by atoms with Crippen LogP contribution in [-0.2, 0) is 12.8 Å². The Kier molecular flexibility index (Phi) is 8.27. The molecule has 3 aromatic carbocycles. The van der Waals surface area contributed by atoms with E-state index in [9.17, 15) is 28.1 Å². The summed E-state index contributed by atoms with van der Waals surface area (Å²) in [5.41, 5.74) is 1.68. The molecular weight excluding hydrogens is 582 g/mol. The quantitative estimate of drug-likeness (QED) is 0.158. The van der Waals surface area contributed by atoms with Gasteiger partial charge in [0.25, 0.3) is 11.6 Å². The molecule has 0 fully saturated rings. The van der Waals surface area contributed by atoms with Crippen LogP contribution in [0.25, 0.3) is 0 Å². The lowest BCUT2D eigenvalue weighted by atomic mass is 10.1. The summed E-state index contributed by atoms with van der Waals surface area (Å²) in [6.45, 7) is 0.131. The number of methoxy groups -OCH3 is 1. The predicted octanol–water partition coefficient (Wildman–Crippen LogP) is 5.57. The summed E-state index contributed by atoms with van der Waals surface area (Å²) in [6, 6.07) is 13.6. The van der Waals surface area contributed by atoms with Crippen molar-refractivity contribution in [3.63, 3.8) is 0 Å². The normalized spacial score (nSPS) is 11.3. The van der Waals surface area contributed by atoms with Gasteiger partial charge in [0.15, 0.2) is 11.5 Å². The van der Waals surface area contributed by atoms with E-state index in [1.807, 2.05) is 22.6 Å². The molecule has 0 radical (unpaired) electrons. The summed E-state index contributed by atoms with van der Waals surface area (Å²) in [6.07, 6.45) is -3.41. The predicted molar refractivity (Wildman–Crippen MR) is 130 cm³/mol. The van der Waals surface area contributed by atoms with Gasteiger partial charge in [-0.05, 0) is 70.1 Å². The number of alkyl halides is 3. The fraction of sp³-hybridized carbons (Fsp3) is 0.130. The van der Waals surface area contributed by atoms with E-state index >= 15 is 0 Å². The zero-order valence-corrected chi connectivity index (χ0v) is 20.2. The highest BCUT2D eigenvalue weighted by molar-refractivity contribution is 14.1. The van der Waals surface area contributed by atoms with Gasteiger partial charge in [0.05, 0.1) is 32.9 Å². The topological polar surface area (TPSA) is 103 Å². The molecule has 0 heterocycles. The molecule has 0 aromatic heterocycles. The fourth-order valence-electron chi connectivity index (χ4n) is 2.98. The van der Waals surface area contributed by atoms with E-state index < -0.39 is 28.1 Å². The van der Waals surface area contributed by atoms with Crippen molar-refractivity contribution in [3.8, 4) is 11.5 Å². The number of amides is 1. The van der Waals surface area contributed by atoms with Crippen molar-refractivity contribution >= 4 is 40.4 Å². The molecule has 0 aliphatic rings. The van der Waals surface area contributed by atoms with E-state index in [-0.39, 0.29) is 12.3 Å². The van der Waals surface area contributed by atoms with E-state index in [1.165, 1.54) is 37.6 Å². The second-order valence-electron chi connectivity index (χ2n) is 6.99. The van der Waals surface area contributed by atoms with Crippen LogP contribution in [0, 0.1) is 13.7 Å². The SMILES string of the molecule is COc1cc(/C=N/NC(=O)c2ccccc2C(F)(F)F)cc(I)c1OCc1ccc([N+](=O)[O-])cc1. The minimum atomic E-state index is -4.68. The molecule has 0 spiro atoms. The van der Waals surface area contributed by atoms with Crippen molar-refractivity contribution in [2.45, 2.75) is 12.8 Å². The summed E-state index contributed by atoms with van der Waals surface area (Å²) in [4.78, 5) is 22.5. The average Bonchev–Trinajstić information content (AvgIpc) is 2.82. The standard InChI is InChI=1S/C23H17F3IN3O5/c1-34-20-11-15(12-28-29-22(31)17-4-2-3-5-18(17)23(24,25)26)10-19(27)21(20)35-13-14-6-8-16(9-7-14)30(32)33/h2-12H,13H2,1H3,(H,29,31)/b28-12+.